The van der Waals surface area contributed by atoms with Gasteiger partial charge < -0.3 is 14.5 Å². The Labute approximate surface area is 171 Å². The summed E-state index contributed by atoms with van der Waals surface area (Å²) in [6, 6.07) is 14.3. The summed E-state index contributed by atoms with van der Waals surface area (Å²) in [4.78, 5) is 27.8. The zero-order valence-electron chi connectivity index (χ0n) is 17.1. The number of benzene rings is 2. The number of nitro groups is 1. The number of nitro benzene ring substituents is 1. The molecule has 1 atom stereocenters. The van der Waals surface area contributed by atoms with Crippen LogP contribution in [0.3, 0.4) is 0 Å². The lowest BCUT2D eigenvalue weighted by molar-refractivity contribution is -0.384. The second-order valence-corrected chi connectivity index (χ2v) is 7.58. The number of carbonyl (C=O) groups excluding carboxylic acids is 1. The minimum atomic E-state index is -0.397. The molecule has 3 rings (SSSR count). The molecule has 7 nitrogen and oxygen atoms in total. The highest BCUT2D eigenvalue weighted by Gasteiger charge is 2.30. The number of non-ortho nitro benzene ring substituents is 1. The van der Waals surface area contributed by atoms with Crippen molar-refractivity contribution in [1.82, 2.24) is 4.90 Å². The highest BCUT2D eigenvalue weighted by molar-refractivity contribution is 5.84. The molecule has 1 heterocycles. The maximum absolute atomic E-state index is 13.3. The molecule has 1 aliphatic rings. The van der Waals surface area contributed by atoms with E-state index in [1.807, 2.05) is 29.2 Å². The molecule has 2 aromatic carbocycles. The highest BCUT2D eigenvalue weighted by Crippen LogP contribution is 2.29. The molecule has 0 aliphatic carbocycles. The summed E-state index contributed by atoms with van der Waals surface area (Å²) in [5.74, 6) is 0.921. The van der Waals surface area contributed by atoms with Gasteiger partial charge in [0, 0.05) is 44.0 Å². The molecule has 1 unspecified atom stereocenters. The van der Waals surface area contributed by atoms with E-state index in [9.17, 15) is 14.9 Å². The molecule has 1 aliphatic heterocycles. The number of rotatable bonds is 6. The third-order valence-electron chi connectivity index (χ3n) is 5.42. The molecule has 2 aromatic rings. The van der Waals surface area contributed by atoms with Crippen LogP contribution in [0.1, 0.15) is 25.3 Å². The SMILES string of the molecule is COc1ccc(C(C(=O)N2CCN(c3ccc([N+](=O)[O-])cc3)CC2)C(C)C)cc1. The summed E-state index contributed by atoms with van der Waals surface area (Å²) in [5, 5.41) is 10.8. The lowest BCUT2D eigenvalue weighted by atomic mass is 9.87. The number of carbonyl (C=O) groups is 1. The van der Waals surface area contributed by atoms with Gasteiger partial charge in [-0.3, -0.25) is 14.9 Å². The summed E-state index contributed by atoms with van der Waals surface area (Å²) in [7, 11) is 1.63. The van der Waals surface area contributed by atoms with E-state index in [0.29, 0.717) is 26.2 Å². The third kappa shape index (κ3) is 4.67. The van der Waals surface area contributed by atoms with Crippen LogP contribution >= 0.6 is 0 Å². The van der Waals surface area contributed by atoms with E-state index < -0.39 is 4.92 Å². The monoisotopic (exact) mass is 397 g/mol. The summed E-state index contributed by atoms with van der Waals surface area (Å²) in [6.07, 6.45) is 0. The Hall–Kier alpha value is -3.09. The van der Waals surface area contributed by atoms with Gasteiger partial charge in [0.25, 0.3) is 5.69 Å². The Morgan fingerprint density at radius 2 is 1.59 bits per heavy atom. The zero-order chi connectivity index (χ0) is 21.0. The van der Waals surface area contributed by atoms with E-state index in [2.05, 4.69) is 18.7 Å². The first-order valence-electron chi connectivity index (χ1n) is 9.83. The van der Waals surface area contributed by atoms with Gasteiger partial charge in [-0.2, -0.15) is 0 Å². The molecular formula is C22H27N3O4. The fourth-order valence-corrected chi connectivity index (χ4v) is 3.79. The summed E-state index contributed by atoms with van der Waals surface area (Å²) in [6.45, 7) is 6.82. The highest BCUT2D eigenvalue weighted by atomic mass is 16.6. The Morgan fingerprint density at radius 1 is 1.00 bits per heavy atom. The second kappa shape index (κ2) is 8.94. The smallest absolute Gasteiger partial charge is 0.269 e. The topological polar surface area (TPSA) is 75.9 Å². The minimum Gasteiger partial charge on any atom is -0.497 e. The molecular weight excluding hydrogens is 370 g/mol. The van der Waals surface area contributed by atoms with Crippen LogP contribution in [0.4, 0.5) is 11.4 Å². The largest absolute Gasteiger partial charge is 0.497 e. The van der Waals surface area contributed by atoms with Gasteiger partial charge in [-0.25, -0.2) is 0 Å². The van der Waals surface area contributed by atoms with Crippen molar-refractivity contribution in [3.8, 4) is 5.75 Å². The number of anilines is 1. The van der Waals surface area contributed by atoms with Crippen molar-refractivity contribution < 1.29 is 14.5 Å². The van der Waals surface area contributed by atoms with Crippen LogP contribution in [0, 0.1) is 16.0 Å². The molecule has 29 heavy (non-hydrogen) atoms. The van der Waals surface area contributed by atoms with Gasteiger partial charge in [0.05, 0.1) is 18.0 Å². The van der Waals surface area contributed by atoms with E-state index in [1.54, 1.807) is 19.2 Å². The lowest BCUT2D eigenvalue weighted by Gasteiger charge is -2.38. The van der Waals surface area contributed by atoms with Gasteiger partial charge in [-0.15, -0.1) is 0 Å². The van der Waals surface area contributed by atoms with Crippen molar-refractivity contribution in [2.75, 3.05) is 38.2 Å². The average Bonchev–Trinajstić information content (AvgIpc) is 2.74. The standard InChI is InChI=1S/C22H27N3O4/c1-16(2)21(17-4-10-20(29-3)11-5-17)22(26)24-14-12-23(13-15-24)18-6-8-19(9-7-18)25(27)28/h4-11,16,21H,12-15H2,1-3H3. The van der Waals surface area contributed by atoms with Gasteiger partial charge in [0.15, 0.2) is 0 Å². The van der Waals surface area contributed by atoms with Gasteiger partial charge in [-0.1, -0.05) is 26.0 Å². The quantitative estimate of drug-likeness (QED) is 0.549. The van der Waals surface area contributed by atoms with Crippen LogP contribution in [0.15, 0.2) is 48.5 Å². The Bertz CT molecular complexity index is 841. The van der Waals surface area contributed by atoms with E-state index in [-0.39, 0.29) is 23.4 Å². The fourth-order valence-electron chi connectivity index (χ4n) is 3.79. The van der Waals surface area contributed by atoms with Crippen molar-refractivity contribution in [1.29, 1.82) is 0 Å². The van der Waals surface area contributed by atoms with Crippen LogP contribution in [-0.4, -0.2) is 49.0 Å². The van der Waals surface area contributed by atoms with Gasteiger partial charge in [-0.05, 0) is 35.7 Å². The lowest BCUT2D eigenvalue weighted by Crippen LogP contribution is -2.50. The number of hydrogen-bond donors (Lipinski definition) is 0. The van der Waals surface area contributed by atoms with E-state index in [1.165, 1.54) is 12.1 Å². The third-order valence-corrected chi connectivity index (χ3v) is 5.42. The molecule has 0 bridgehead atoms. The van der Waals surface area contributed by atoms with E-state index in [0.717, 1.165) is 17.0 Å². The number of nitrogens with zero attached hydrogens (tertiary/aromatic N) is 3. The fraction of sp³-hybridized carbons (Fsp3) is 0.409. The first kappa shape index (κ1) is 20.6. The number of methoxy groups -OCH3 is 1. The van der Waals surface area contributed by atoms with Crippen LogP contribution in [0.2, 0.25) is 0 Å². The summed E-state index contributed by atoms with van der Waals surface area (Å²) >= 11 is 0. The molecule has 0 spiro atoms. The van der Waals surface area contributed by atoms with Crippen molar-refractivity contribution in [2.45, 2.75) is 19.8 Å². The second-order valence-electron chi connectivity index (χ2n) is 7.58. The van der Waals surface area contributed by atoms with E-state index >= 15 is 0 Å². The Balaban J connectivity index is 1.66. The minimum absolute atomic E-state index is 0.0850. The summed E-state index contributed by atoms with van der Waals surface area (Å²) in [5.41, 5.74) is 2.03. The van der Waals surface area contributed by atoms with Crippen molar-refractivity contribution in [3.05, 3.63) is 64.2 Å². The molecule has 0 N–H and O–H groups in total. The maximum Gasteiger partial charge on any atom is 0.269 e. The average molecular weight is 397 g/mol. The molecule has 1 amide bonds. The Kier molecular flexibility index (Phi) is 6.36. The normalized spacial score (nSPS) is 15.3. The van der Waals surface area contributed by atoms with Crippen molar-refractivity contribution in [3.63, 3.8) is 0 Å². The Morgan fingerprint density at radius 3 is 2.07 bits per heavy atom. The molecule has 1 saturated heterocycles. The number of piperazine rings is 1. The zero-order valence-corrected chi connectivity index (χ0v) is 17.1. The molecule has 0 saturated carbocycles. The first-order chi connectivity index (χ1) is 13.9. The first-order valence-corrected chi connectivity index (χ1v) is 9.83. The van der Waals surface area contributed by atoms with Gasteiger partial charge >= 0.3 is 0 Å². The van der Waals surface area contributed by atoms with Crippen molar-refractivity contribution >= 4 is 17.3 Å². The maximum atomic E-state index is 13.3. The van der Waals surface area contributed by atoms with Crippen LogP contribution in [0.25, 0.3) is 0 Å². The molecule has 7 heteroatoms. The van der Waals surface area contributed by atoms with E-state index in [4.69, 9.17) is 4.74 Å². The molecule has 1 fully saturated rings. The number of amides is 1. The number of hydrogen-bond acceptors (Lipinski definition) is 5. The number of ether oxygens (including phenoxy) is 1. The molecule has 0 aromatic heterocycles. The van der Waals surface area contributed by atoms with Crippen LogP contribution < -0.4 is 9.64 Å². The van der Waals surface area contributed by atoms with Crippen LogP contribution in [-0.2, 0) is 4.79 Å². The van der Waals surface area contributed by atoms with Gasteiger partial charge in [0.1, 0.15) is 5.75 Å². The van der Waals surface area contributed by atoms with Crippen molar-refractivity contribution in [2.24, 2.45) is 5.92 Å². The predicted octanol–water partition coefficient (Wildman–Crippen LogP) is 3.69. The summed E-state index contributed by atoms with van der Waals surface area (Å²) < 4.78 is 5.22. The van der Waals surface area contributed by atoms with Gasteiger partial charge in [0.2, 0.25) is 5.91 Å². The van der Waals surface area contributed by atoms with Crippen LogP contribution in [0.5, 0.6) is 5.75 Å². The molecule has 0 radical (unpaired) electrons. The predicted molar refractivity (Wildman–Crippen MR) is 112 cm³/mol. The molecule has 154 valence electrons.